The lowest BCUT2D eigenvalue weighted by atomic mass is 10.2. The summed E-state index contributed by atoms with van der Waals surface area (Å²) in [6.07, 6.45) is 3.24. The smallest absolute Gasteiger partial charge is 0.244 e. The molecule has 6 nitrogen and oxygen atoms in total. The molecule has 3 aromatic rings. The summed E-state index contributed by atoms with van der Waals surface area (Å²) in [5, 5.41) is 2.91. The molecule has 0 fully saturated rings. The highest BCUT2D eigenvalue weighted by molar-refractivity contribution is 5.92. The van der Waals surface area contributed by atoms with Crippen molar-refractivity contribution in [2.75, 3.05) is 13.7 Å². The van der Waals surface area contributed by atoms with Crippen molar-refractivity contribution >= 4 is 23.0 Å². The molecular weight excluding hydrogens is 342 g/mol. The van der Waals surface area contributed by atoms with E-state index in [1.165, 1.54) is 6.08 Å². The molecule has 2 aromatic carbocycles. The molecule has 0 bridgehead atoms. The van der Waals surface area contributed by atoms with E-state index < -0.39 is 0 Å². The van der Waals surface area contributed by atoms with Crippen molar-refractivity contribution in [3.05, 3.63) is 59.9 Å². The van der Waals surface area contributed by atoms with Gasteiger partial charge in [0.1, 0.15) is 5.82 Å². The van der Waals surface area contributed by atoms with E-state index in [4.69, 9.17) is 9.47 Å². The number of para-hydroxylation sites is 2. The first-order valence-electron chi connectivity index (χ1n) is 8.84. The summed E-state index contributed by atoms with van der Waals surface area (Å²) in [7, 11) is 1.60. The van der Waals surface area contributed by atoms with Gasteiger partial charge < -0.3 is 19.8 Å². The normalized spacial score (nSPS) is 12.3. The molecule has 0 radical (unpaired) electrons. The maximum Gasteiger partial charge on any atom is 0.244 e. The van der Waals surface area contributed by atoms with Gasteiger partial charge in [0.25, 0.3) is 0 Å². The first-order chi connectivity index (χ1) is 13.1. The Morgan fingerprint density at radius 3 is 2.81 bits per heavy atom. The lowest BCUT2D eigenvalue weighted by Crippen LogP contribution is -2.25. The molecule has 0 aliphatic rings. The zero-order chi connectivity index (χ0) is 19.2. The van der Waals surface area contributed by atoms with Gasteiger partial charge in [0, 0.05) is 6.08 Å². The Morgan fingerprint density at radius 2 is 2.07 bits per heavy atom. The lowest BCUT2D eigenvalue weighted by Gasteiger charge is -2.10. The number of ether oxygens (including phenoxy) is 2. The monoisotopic (exact) mass is 365 g/mol. The number of carbonyl (C=O) groups is 1. The summed E-state index contributed by atoms with van der Waals surface area (Å²) in [4.78, 5) is 20.0. The minimum atomic E-state index is -0.232. The second-order valence-corrected chi connectivity index (χ2v) is 6.05. The van der Waals surface area contributed by atoms with Gasteiger partial charge in [0.15, 0.2) is 11.5 Å². The zero-order valence-electron chi connectivity index (χ0n) is 15.7. The third-order valence-corrected chi connectivity index (χ3v) is 4.09. The highest BCUT2D eigenvalue weighted by Crippen LogP contribution is 2.28. The molecule has 0 unspecified atom stereocenters. The molecule has 0 saturated heterocycles. The fraction of sp³-hybridized carbons (Fsp3) is 0.238. The van der Waals surface area contributed by atoms with Crippen LogP contribution in [0.15, 0.2) is 48.5 Å². The number of imidazole rings is 1. The second-order valence-electron chi connectivity index (χ2n) is 6.05. The third kappa shape index (κ3) is 4.47. The van der Waals surface area contributed by atoms with Gasteiger partial charge in [-0.3, -0.25) is 4.79 Å². The van der Waals surface area contributed by atoms with E-state index in [-0.39, 0.29) is 11.9 Å². The van der Waals surface area contributed by atoms with E-state index in [2.05, 4.69) is 15.3 Å². The van der Waals surface area contributed by atoms with E-state index in [0.717, 1.165) is 22.4 Å². The molecule has 6 heteroatoms. The molecule has 0 spiro atoms. The number of benzene rings is 2. The minimum Gasteiger partial charge on any atom is -0.493 e. The highest BCUT2D eigenvalue weighted by atomic mass is 16.5. The number of carbonyl (C=O) groups excluding carboxylic acids is 1. The minimum absolute atomic E-state index is 0.197. The van der Waals surface area contributed by atoms with Crippen LogP contribution in [0.25, 0.3) is 17.1 Å². The van der Waals surface area contributed by atoms with Crippen molar-refractivity contribution in [1.29, 1.82) is 0 Å². The van der Waals surface area contributed by atoms with Crippen LogP contribution in [0.4, 0.5) is 0 Å². The van der Waals surface area contributed by atoms with Gasteiger partial charge in [-0.1, -0.05) is 18.2 Å². The third-order valence-electron chi connectivity index (χ3n) is 4.09. The van der Waals surface area contributed by atoms with Crippen LogP contribution in [0, 0.1) is 0 Å². The van der Waals surface area contributed by atoms with Gasteiger partial charge in [0.05, 0.1) is 30.8 Å². The molecule has 0 saturated carbocycles. The van der Waals surface area contributed by atoms with E-state index in [1.54, 1.807) is 13.2 Å². The van der Waals surface area contributed by atoms with E-state index >= 15 is 0 Å². The quantitative estimate of drug-likeness (QED) is 0.623. The van der Waals surface area contributed by atoms with Crippen LogP contribution in [-0.4, -0.2) is 29.6 Å². The first-order valence-corrected chi connectivity index (χ1v) is 8.84. The topological polar surface area (TPSA) is 76.2 Å². The van der Waals surface area contributed by atoms with E-state index in [1.807, 2.05) is 56.3 Å². The van der Waals surface area contributed by atoms with Gasteiger partial charge in [-0.25, -0.2) is 4.98 Å². The van der Waals surface area contributed by atoms with Gasteiger partial charge >= 0.3 is 0 Å². The number of amides is 1. The summed E-state index contributed by atoms with van der Waals surface area (Å²) in [6.45, 7) is 4.35. The molecule has 1 amide bonds. The molecule has 3 rings (SSSR count). The predicted octanol–water partition coefficient (Wildman–Crippen LogP) is 3.86. The Balaban J connectivity index is 1.66. The molecule has 1 atom stereocenters. The van der Waals surface area contributed by atoms with Gasteiger partial charge in [-0.05, 0) is 49.8 Å². The van der Waals surface area contributed by atoms with Crippen molar-refractivity contribution in [2.24, 2.45) is 0 Å². The van der Waals surface area contributed by atoms with E-state index in [9.17, 15) is 4.79 Å². The Kier molecular flexibility index (Phi) is 5.76. The molecule has 0 aliphatic heterocycles. The number of H-pyrrole nitrogens is 1. The second kappa shape index (κ2) is 8.40. The van der Waals surface area contributed by atoms with Crippen LogP contribution in [0.2, 0.25) is 0 Å². The molecule has 140 valence electrons. The first kappa shape index (κ1) is 18.5. The zero-order valence-corrected chi connectivity index (χ0v) is 15.7. The van der Waals surface area contributed by atoms with Gasteiger partial charge in [0.2, 0.25) is 5.91 Å². The number of aromatic amines is 1. The number of nitrogens with zero attached hydrogens (tertiary/aromatic N) is 1. The Morgan fingerprint density at radius 1 is 1.26 bits per heavy atom. The van der Waals surface area contributed by atoms with Crippen LogP contribution in [-0.2, 0) is 4.79 Å². The molecule has 27 heavy (non-hydrogen) atoms. The number of methoxy groups -OCH3 is 1. The lowest BCUT2D eigenvalue weighted by molar-refractivity contribution is -0.117. The van der Waals surface area contributed by atoms with Crippen molar-refractivity contribution < 1.29 is 14.3 Å². The van der Waals surface area contributed by atoms with Crippen LogP contribution >= 0.6 is 0 Å². The fourth-order valence-corrected chi connectivity index (χ4v) is 2.74. The Bertz CT molecular complexity index is 929. The van der Waals surface area contributed by atoms with Crippen LogP contribution in [0.3, 0.4) is 0 Å². The SMILES string of the molecule is CCOc1cc(/C=C/C(=O)N[C@H](C)c2nc3ccccc3[nH]2)ccc1OC. The van der Waals surface area contributed by atoms with E-state index in [0.29, 0.717) is 18.1 Å². The number of rotatable bonds is 7. The maximum atomic E-state index is 12.3. The number of hydrogen-bond donors (Lipinski definition) is 2. The summed E-state index contributed by atoms with van der Waals surface area (Å²) in [5.74, 6) is 1.84. The molecule has 1 aromatic heterocycles. The molecular formula is C21H23N3O3. The summed E-state index contributed by atoms with van der Waals surface area (Å²) in [6, 6.07) is 13.1. The average Bonchev–Trinajstić information content (AvgIpc) is 3.11. The highest BCUT2D eigenvalue weighted by Gasteiger charge is 2.12. The number of nitrogens with one attached hydrogen (secondary N) is 2. The van der Waals surface area contributed by atoms with Crippen LogP contribution < -0.4 is 14.8 Å². The maximum absolute atomic E-state index is 12.3. The van der Waals surface area contributed by atoms with Crippen LogP contribution in [0.1, 0.15) is 31.3 Å². The molecule has 2 N–H and O–H groups in total. The Hall–Kier alpha value is -3.28. The van der Waals surface area contributed by atoms with Crippen molar-refractivity contribution in [1.82, 2.24) is 15.3 Å². The number of fused-ring (bicyclic) bond motifs is 1. The fourth-order valence-electron chi connectivity index (χ4n) is 2.74. The average molecular weight is 365 g/mol. The van der Waals surface area contributed by atoms with Crippen molar-refractivity contribution in [3.8, 4) is 11.5 Å². The van der Waals surface area contributed by atoms with Crippen LogP contribution in [0.5, 0.6) is 11.5 Å². The molecule has 1 heterocycles. The summed E-state index contributed by atoms with van der Waals surface area (Å²) < 4.78 is 10.8. The van der Waals surface area contributed by atoms with Crippen molar-refractivity contribution in [3.63, 3.8) is 0 Å². The largest absolute Gasteiger partial charge is 0.493 e. The Labute approximate surface area is 158 Å². The summed E-state index contributed by atoms with van der Waals surface area (Å²) >= 11 is 0. The summed E-state index contributed by atoms with van der Waals surface area (Å²) in [5.41, 5.74) is 2.68. The number of hydrogen-bond acceptors (Lipinski definition) is 4. The van der Waals surface area contributed by atoms with Crippen molar-refractivity contribution in [2.45, 2.75) is 19.9 Å². The number of aromatic nitrogens is 2. The molecule has 0 aliphatic carbocycles. The predicted molar refractivity (Wildman–Crippen MR) is 106 cm³/mol. The van der Waals surface area contributed by atoms with Gasteiger partial charge in [-0.2, -0.15) is 0 Å². The van der Waals surface area contributed by atoms with Gasteiger partial charge in [-0.15, -0.1) is 0 Å². The standard InChI is InChI=1S/C21H23N3O3/c1-4-27-19-13-15(9-11-18(19)26-3)10-12-20(25)22-14(2)21-23-16-7-5-6-8-17(16)24-21/h5-14H,4H2,1-3H3,(H,22,25)(H,23,24)/b12-10+/t14-/m1/s1.